The maximum Gasteiger partial charge on any atom is 0.254 e. The number of anilines is 1. The zero-order valence-electron chi connectivity index (χ0n) is 14.4. The number of nitrogens with zero attached hydrogens (tertiary/aromatic N) is 5. The van der Waals surface area contributed by atoms with Crippen LogP contribution in [0.5, 0.6) is 0 Å². The van der Waals surface area contributed by atoms with E-state index in [9.17, 15) is 9.90 Å². The normalized spacial score (nSPS) is 20.4. The second-order valence-corrected chi connectivity index (χ2v) is 6.41. The van der Waals surface area contributed by atoms with E-state index in [1.54, 1.807) is 32.4 Å². The highest BCUT2D eigenvalue weighted by Crippen LogP contribution is 2.24. The first kappa shape index (κ1) is 17.2. The lowest BCUT2D eigenvalue weighted by atomic mass is 9.92. The van der Waals surface area contributed by atoms with Gasteiger partial charge in [0.15, 0.2) is 0 Å². The molecule has 2 N–H and O–H groups in total. The molecular formula is C17H22N6O2. The Hall–Kier alpha value is -2.61. The molecule has 0 aromatic carbocycles. The first-order valence-corrected chi connectivity index (χ1v) is 8.29. The van der Waals surface area contributed by atoms with Crippen LogP contribution in [0.15, 0.2) is 24.8 Å². The van der Waals surface area contributed by atoms with Gasteiger partial charge >= 0.3 is 0 Å². The molecule has 2 aromatic heterocycles. The van der Waals surface area contributed by atoms with E-state index in [1.165, 1.54) is 6.20 Å². The van der Waals surface area contributed by atoms with Gasteiger partial charge in [0, 0.05) is 38.2 Å². The van der Waals surface area contributed by atoms with Gasteiger partial charge in [-0.3, -0.25) is 9.78 Å². The fraction of sp³-hybridized carbons (Fsp3) is 0.471. The molecule has 1 fully saturated rings. The predicted octanol–water partition coefficient (Wildman–Crippen LogP) is 0.645. The van der Waals surface area contributed by atoms with E-state index < -0.39 is 5.60 Å². The van der Waals surface area contributed by atoms with Crippen molar-refractivity contribution in [3.05, 3.63) is 41.9 Å². The number of nitrogens with one attached hydrogen (secondary N) is 1. The number of aryl methyl sites for hydroxylation is 2. The number of β-amino-alcohol motifs (C(OH)–C–C–N with tert-alkyl or cyclic N) is 1. The van der Waals surface area contributed by atoms with E-state index in [1.807, 2.05) is 4.90 Å². The van der Waals surface area contributed by atoms with E-state index in [2.05, 4.69) is 25.3 Å². The summed E-state index contributed by atoms with van der Waals surface area (Å²) in [5.41, 5.74) is 0.0443. The Bertz CT molecular complexity index is 754. The van der Waals surface area contributed by atoms with E-state index in [4.69, 9.17) is 0 Å². The van der Waals surface area contributed by atoms with Gasteiger partial charge in [-0.1, -0.05) is 0 Å². The van der Waals surface area contributed by atoms with Crippen LogP contribution in [0.2, 0.25) is 0 Å². The maximum absolute atomic E-state index is 12.4. The average Bonchev–Trinajstić information content (AvgIpc) is 2.61. The Kier molecular flexibility index (Phi) is 4.89. The van der Waals surface area contributed by atoms with Crippen molar-refractivity contribution in [1.82, 2.24) is 25.3 Å². The molecule has 8 heteroatoms. The minimum absolute atomic E-state index is 0.163. The molecule has 1 saturated heterocycles. The third-order valence-corrected chi connectivity index (χ3v) is 4.35. The van der Waals surface area contributed by atoms with Crippen molar-refractivity contribution >= 4 is 11.7 Å². The summed E-state index contributed by atoms with van der Waals surface area (Å²) in [5.74, 6) is 1.08. The topological polar surface area (TPSA) is 104 Å². The van der Waals surface area contributed by atoms with Crippen LogP contribution in [0.4, 0.5) is 5.82 Å². The third kappa shape index (κ3) is 4.08. The molecular weight excluding hydrogens is 320 g/mol. The second-order valence-electron chi connectivity index (χ2n) is 6.41. The fourth-order valence-corrected chi connectivity index (χ4v) is 3.05. The predicted molar refractivity (Wildman–Crippen MR) is 92.3 cm³/mol. The smallest absolute Gasteiger partial charge is 0.254 e. The van der Waals surface area contributed by atoms with Crippen LogP contribution in [0.3, 0.4) is 0 Å². The van der Waals surface area contributed by atoms with Crippen LogP contribution in [-0.4, -0.2) is 56.2 Å². The van der Waals surface area contributed by atoms with Crippen molar-refractivity contribution in [2.75, 3.05) is 24.5 Å². The Morgan fingerprint density at radius 1 is 1.32 bits per heavy atom. The lowest BCUT2D eigenvalue weighted by Gasteiger charge is -2.39. The summed E-state index contributed by atoms with van der Waals surface area (Å²) < 4.78 is 0. The molecule has 8 nitrogen and oxygen atoms in total. The van der Waals surface area contributed by atoms with E-state index in [0.717, 1.165) is 18.8 Å². The van der Waals surface area contributed by atoms with Gasteiger partial charge in [0.25, 0.3) is 5.91 Å². The molecule has 2 aromatic rings. The van der Waals surface area contributed by atoms with Gasteiger partial charge < -0.3 is 15.3 Å². The summed E-state index contributed by atoms with van der Waals surface area (Å²) in [4.78, 5) is 31.0. The van der Waals surface area contributed by atoms with Crippen LogP contribution in [-0.2, 0) is 0 Å². The van der Waals surface area contributed by atoms with E-state index in [-0.39, 0.29) is 12.5 Å². The highest BCUT2D eigenvalue weighted by molar-refractivity contribution is 5.94. The highest BCUT2D eigenvalue weighted by Gasteiger charge is 2.34. The molecule has 0 saturated carbocycles. The number of aliphatic hydroxyl groups is 1. The van der Waals surface area contributed by atoms with Crippen LogP contribution >= 0.6 is 0 Å². The van der Waals surface area contributed by atoms with Crippen molar-refractivity contribution in [3.8, 4) is 0 Å². The van der Waals surface area contributed by atoms with Gasteiger partial charge in [-0.15, -0.1) is 0 Å². The van der Waals surface area contributed by atoms with Gasteiger partial charge in [-0.05, 0) is 26.7 Å². The fourth-order valence-electron chi connectivity index (χ4n) is 3.05. The summed E-state index contributed by atoms with van der Waals surface area (Å²) in [5, 5.41) is 13.7. The monoisotopic (exact) mass is 342 g/mol. The molecule has 3 rings (SSSR count). The zero-order valence-corrected chi connectivity index (χ0v) is 14.4. The minimum atomic E-state index is -1.01. The van der Waals surface area contributed by atoms with Crippen LogP contribution < -0.4 is 10.2 Å². The number of aromatic nitrogens is 4. The number of hydrogen-bond donors (Lipinski definition) is 2. The van der Waals surface area contributed by atoms with Gasteiger partial charge in [0.1, 0.15) is 11.6 Å². The summed E-state index contributed by atoms with van der Waals surface area (Å²) in [7, 11) is 0. The number of carbonyl (C=O) groups is 1. The van der Waals surface area contributed by atoms with E-state index >= 15 is 0 Å². The van der Waals surface area contributed by atoms with Gasteiger partial charge in [0.2, 0.25) is 0 Å². The van der Waals surface area contributed by atoms with Crippen molar-refractivity contribution in [2.45, 2.75) is 32.3 Å². The molecule has 0 spiro atoms. The average molecular weight is 342 g/mol. The molecule has 1 aliphatic heterocycles. The van der Waals surface area contributed by atoms with Crippen LogP contribution in [0.1, 0.15) is 34.7 Å². The van der Waals surface area contributed by atoms with Crippen LogP contribution in [0, 0.1) is 13.8 Å². The number of hydrogen-bond acceptors (Lipinski definition) is 7. The zero-order chi connectivity index (χ0) is 17.9. The van der Waals surface area contributed by atoms with Crippen molar-refractivity contribution in [2.24, 2.45) is 0 Å². The molecule has 0 bridgehead atoms. The van der Waals surface area contributed by atoms with Gasteiger partial charge in [-0.2, -0.15) is 0 Å². The Morgan fingerprint density at radius 2 is 2.16 bits per heavy atom. The second kappa shape index (κ2) is 7.10. The standard InChI is InChI=1S/C17H22N6O2/c1-12-14(8-20-13(2)22-12)16(24)21-10-17(25)4-3-7-23(11-17)15-9-18-5-6-19-15/h5-6,8-9,25H,3-4,7,10-11H2,1-2H3,(H,21,24)/t17-/m1/s1. The Labute approximate surface area is 146 Å². The molecule has 1 atom stereocenters. The quantitative estimate of drug-likeness (QED) is 0.840. The van der Waals surface area contributed by atoms with Crippen molar-refractivity contribution in [1.29, 1.82) is 0 Å². The van der Waals surface area contributed by atoms with Crippen molar-refractivity contribution in [3.63, 3.8) is 0 Å². The van der Waals surface area contributed by atoms with Gasteiger partial charge in [-0.25, -0.2) is 15.0 Å². The Balaban J connectivity index is 1.64. The summed E-state index contributed by atoms with van der Waals surface area (Å²) in [6.45, 7) is 4.92. The molecule has 1 amide bonds. The summed E-state index contributed by atoms with van der Waals surface area (Å²) in [6.07, 6.45) is 7.88. The molecule has 3 heterocycles. The largest absolute Gasteiger partial charge is 0.386 e. The number of rotatable bonds is 4. The molecule has 0 unspecified atom stereocenters. The molecule has 0 radical (unpaired) electrons. The summed E-state index contributed by atoms with van der Waals surface area (Å²) in [6, 6.07) is 0. The SMILES string of the molecule is Cc1ncc(C(=O)NC[C@]2(O)CCCN(c3cnccn3)C2)c(C)n1. The first-order chi connectivity index (χ1) is 12.0. The number of amides is 1. The number of carbonyl (C=O) groups excluding carboxylic acids is 1. The first-order valence-electron chi connectivity index (χ1n) is 8.29. The van der Waals surface area contributed by atoms with E-state index in [0.29, 0.717) is 30.0 Å². The minimum Gasteiger partial charge on any atom is -0.386 e. The lowest BCUT2D eigenvalue weighted by Crippen LogP contribution is -2.54. The molecule has 0 aliphatic carbocycles. The summed E-state index contributed by atoms with van der Waals surface area (Å²) >= 11 is 0. The number of piperidine rings is 1. The molecule has 132 valence electrons. The Morgan fingerprint density at radius 3 is 2.88 bits per heavy atom. The lowest BCUT2D eigenvalue weighted by molar-refractivity contribution is 0.0254. The molecule has 1 aliphatic rings. The maximum atomic E-state index is 12.4. The van der Waals surface area contributed by atoms with Crippen molar-refractivity contribution < 1.29 is 9.90 Å². The van der Waals surface area contributed by atoms with Gasteiger partial charge in [0.05, 0.1) is 23.1 Å². The third-order valence-electron chi connectivity index (χ3n) is 4.35. The highest BCUT2D eigenvalue weighted by atomic mass is 16.3. The molecule has 25 heavy (non-hydrogen) atoms. The van der Waals surface area contributed by atoms with Crippen LogP contribution in [0.25, 0.3) is 0 Å².